The summed E-state index contributed by atoms with van der Waals surface area (Å²) in [6, 6.07) is 5.00. The second-order valence-corrected chi connectivity index (χ2v) is 3.82. The molecule has 4 heteroatoms. The van der Waals surface area contributed by atoms with Crippen LogP contribution in [-0.2, 0) is 17.9 Å². The highest BCUT2D eigenvalue weighted by Gasteiger charge is 2.04. The average molecular weight is 227 g/mol. The fourth-order valence-electron chi connectivity index (χ4n) is 1.46. The van der Waals surface area contributed by atoms with Gasteiger partial charge in [-0.05, 0) is 24.6 Å². The summed E-state index contributed by atoms with van der Waals surface area (Å²) in [5.74, 6) is -0.365. The Labute approximate surface area is 95.2 Å². The number of hydrogen-bond donors (Lipinski definition) is 2. The number of halogens is 1. The molecule has 1 rings (SSSR count). The summed E-state index contributed by atoms with van der Waals surface area (Å²) in [7, 11) is 1.65. The summed E-state index contributed by atoms with van der Waals surface area (Å²) in [4.78, 5) is 0. The largest absolute Gasteiger partial charge is 0.392 e. The van der Waals surface area contributed by atoms with Crippen LogP contribution in [0.25, 0.3) is 0 Å². The Kier molecular flexibility index (Phi) is 5.38. The van der Waals surface area contributed by atoms with Gasteiger partial charge in [0, 0.05) is 25.3 Å². The maximum atomic E-state index is 13.1. The summed E-state index contributed by atoms with van der Waals surface area (Å²) in [5, 5.41) is 12.2. The van der Waals surface area contributed by atoms with Gasteiger partial charge < -0.3 is 15.2 Å². The zero-order valence-electron chi connectivity index (χ0n) is 9.66. The molecule has 0 radical (unpaired) electrons. The molecule has 0 spiro atoms. The van der Waals surface area contributed by atoms with Gasteiger partial charge in [-0.1, -0.05) is 6.07 Å². The van der Waals surface area contributed by atoms with Gasteiger partial charge in [0.25, 0.3) is 0 Å². The molecule has 0 fully saturated rings. The molecule has 2 N–H and O–H groups in total. The second-order valence-electron chi connectivity index (χ2n) is 3.82. The van der Waals surface area contributed by atoms with E-state index in [-0.39, 0.29) is 18.5 Å². The van der Waals surface area contributed by atoms with Crippen molar-refractivity contribution in [2.75, 3.05) is 13.7 Å². The molecule has 0 aliphatic heterocycles. The van der Waals surface area contributed by atoms with Crippen molar-refractivity contribution in [2.24, 2.45) is 0 Å². The molecule has 0 aliphatic rings. The minimum atomic E-state index is -0.365. The van der Waals surface area contributed by atoms with Gasteiger partial charge in [-0.15, -0.1) is 0 Å². The number of aliphatic hydroxyl groups is 1. The van der Waals surface area contributed by atoms with Crippen LogP contribution in [0.5, 0.6) is 0 Å². The fourth-order valence-corrected chi connectivity index (χ4v) is 1.46. The molecule has 90 valence electrons. The van der Waals surface area contributed by atoms with Crippen molar-refractivity contribution < 1.29 is 14.2 Å². The molecular weight excluding hydrogens is 209 g/mol. The van der Waals surface area contributed by atoms with Crippen LogP contribution in [0, 0.1) is 5.82 Å². The van der Waals surface area contributed by atoms with Gasteiger partial charge in [0.05, 0.1) is 13.2 Å². The van der Waals surface area contributed by atoms with E-state index >= 15 is 0 Å². The smallest absolute Gasteiger partial charge is 0.128 e. The Morgan fingerprint density at radius 3 is 2.88 bits per heavy atom. The van der Waals surface area contributed by atoms with Crippen molar-refractivity contribution in [2.45, 2.75) is 26.1 Å². The van der Waals surface area contributed by atoms with Gasteiger partial charge >= 0.3 is 0 Å². The maximum absolute atomic E-state index is 13.1. The third-order valence-electron chi connectivity index (χ3n) is 2.35. The predicted octanol–water partition coefficient (Wildman–Crippen LogP) is 1.44. The first kappa shape index (κ1) is 13.1. The molecule has 1 atom stereocenters. The minimum Gasteiger partial charge on any atom is -0.392 e. The Morgan fingerprint density at radius 2 is 2.25 bits per heavy atom. The van der Waals surface area contributed by atoms with Crippen LogP contribution in [0.4, 0.5) is 4.39 Å². The van der Waals surface area contributed by atoms with Crippen molar-refractivity contribution in [1.29, 1.82) is 0 Å². The molecular formula is C12H18FNO2. The average Bonchev–Trinajstić information content (AvgIpc) is 2.28. The molecule has 1 aromatic rings. The van der Waals surface area contributed by atoms with E-state index in [0.29, 0.717) is 18.7 Å². The number of ether oxygens (including phenoxy) is 1. The van der Waals surface area contributed by atoms with E-state index < -0.39 is 0 Å². The van der Waals surface area contributed by atoms with Crippen LogP contribution in [0.3, 0.4) is 0 Å². The van der Waals surface area contributed by atoms with Crippen molar-refractivity contribution in [3.63, 3.8) is 0 Å². The van der Waals surface area contributed by atoms with E-state index in [1.165, 1.54) is 6.07 Å². The number of benzene rings is 1. The predicted molar refractivity (Wildman–Crippen MR) is 60.5 cm³/mol. The molecule has 0 bridgehead atoms. The topological polar surface area (TPSA) is 41.5 Å². The minimum absolute atomic E-state index is 0.243. The maximum Gasteiger partial charge on any atom is 0.128 e. The van der Waals surface area contributed by atoms with E-state index in [2.05, 4.69) is 5.32 Å². The highest BCUT2D eigenvalue weighted by molar-refractivity contribution is 5.24. The van der Waals surface area contributed by atoms with Crippen LogP contribution in [0.2, 0.25) is 0 Å². The number of aliphatic hydroxyl groups excluding tert-OH is 1. The van der Waals surface area contributed by atoms with E-state index in [9.17, 15) is 4.39 Å². The third-order valence-corrected chi connectivity index (χ3v) is 2.35. The Hall–Kier alpha value is -0.970. The lowest BCUT2D eigenvalue weighted by molar-refractivity contribution is 0.171. The SMILES string of the molecule is COCC(C)NCc1ccc(F)c(CO)c1. The van der Waals surface area contributed by atoms with Gasteiger partial charge in [0.1, 0.15) is 5.82 Å². The lowest BCUT2D eigenvalue weighted by atomic mass is 10.1. The van der Waals surface area contributed by atoms with Crippen LogP contribution >= 0.6 is 0 Å². The monoisotopic (exact) mass is 227 g/mol. The van der Waals surface area contributed by atoms with Gasteiger partial charge in [0.15, 0.2) is 0 Å². The van der Waals surface area contributed by atoms with Crippen molar-refractivity contribution >= 4 is 0 Å². The Balaban J connectivity index is 2.54. The van der Waals surface area contributed by atoms with Gasteiger partial charge in [0.2, 0.25) is 0 Å². The summed E-state index contributed by atoms with van der Waals surface area (Å²) in [6.45, 7) is 3.01. The molecule has 0 saturated carbocycles. The summed E-state index contributed by atoms with van der Waals surface area (Å²) in [5.41, 5.74) is 1.28. The Morgan fingerprint density at radius 1 is 1.50 bits per heavy atom. The zero-order valence-corrected chi connectivity index (χ0v) is 9.66. The van der Waals surface area contributed by atoms with Gasteiger partial charge in [-0.3, -0.25) is 0 Å². The summed E-state index contributed by atoms with van der Waals surface area (Å²) in [6.07, 6.45) is 0. The number of rotatable bonds is 6. The van der Waals surface area contributed by atoms with Crippen LogP contribution < -0.4 is 5.32 Å². The first-order valence-corrected chi connectivity index (χ1v) is 5.28. The van der Waals surface area contributed by atoms with Crippen LogP contribution in [0.1, 0.15) is 18.1 Å². The van der Waals surface area contributed by atoms with Crippen LogP contribution in [-0.4, -0.2) is 24.9 Å². The molecule has 3 nitrogen and oxygen atoms in total. The van der Waals surface area contributed by atoms with E-state index in [0.717, 1.165) is 5.56 Å². The first-order valence-electron chi connectivity index (χ1n) is 5.28. The Bertz CT molecular complexity index is 331. The molecule has 1 unspecified atom stereocenters. The van der Waals surface area contributed by atoms with Crippen molar-refractivity contribution in [1.82, 2.24) is 5.32 Å². The number of hydrogen-bond acceptors (Lipinski definition) is 3. The number of methoxy groups -OCH3 is 1. The van der Waals surface area contributed by atoms with E-state index in [1.807, 2.05) is 6.92 Å². The van der Waals surface area contributed by atoms with E-state index in [1.54, 1.807) is 19.2 Å². The first-order chi connectivity index (χ1) is 7.67. The molecule has 0 amide bonds. The fraction of sp³-hybridized carbons (Fsp3) is 0.500. The molecule has 0 heterocycles. The van der Waals surface area contributed by atoms with Crippen molar-refractivity contribution in [3.8, 4) is 0 Å². The van der Waals surface area contributed by atoms with Crippen LogP contribution in [0.15, 0.2) is 18.2 Å². The molecule has 1 aromatic carbocycles. The number of nitrogens with one attached hydrogen (secondary N) is 1. The third kappa shape index (κ3) is 3.89. The molecule has 0 aliphatic carbocycles. The second kappa shape index (κ2) is 6.58. The lowest BCUT2D eigenvalue weighted by Gasteiger charge is -2.13. The standard InChI is InChI=1S/C12H18FNO2/c1-9(8-16-2)14-6-10-3-4-12(13)11(5-10)7-15/h3-5,9,14-15H,6-8H2,1-2H3. The van der Waals surface area contributed by atoms with Gasteiger partial charge in [-0.2, -0.15) is 0 Å². The zero-order chi connectivity index (χ0) is 12.0. The lowest BCUT2D eigenvalue weighted by Crippen LogP contribution is -2.29. The van der Waals surface area contributed by atoms with Crippen molar-refractivity contribution in [3.05, 3.63) is 35.1 Å². The molecule has 0 aromatic heterocycles. The molecule has 16 heavy (non-hydrogen) atoms. The summed E-state index contributed by atoms with van der Waals surface area (Å²) < 4.78 is 18.1. The quantitative estimate of drug-likeness (QED) is 0.772. The normalized spacial score (nSPS) is 12.8. The van der Waals surface area contributed by atoms with Gasteiger partial charge in [-0.25, -0.2) is 4.39 Å². The highest BCUT2D eigenvalue weighted by Crippen LogP contribution is 2.10. The van der Waals surface area contributed by atoms with E-state index in [4.69, 9.17) is 9.84 Å². The summed E-state index contributed by atoms with van der Waals surface area (Å²) >= 11 is 0. The molecule has 0 saturated heterocycles. The highest BCUT2D eigenvalue weighted by atomic mass is 19.1.